The summed E-state index contributed by atoms with van der Waals surface area (Å²) in [5.74, 6) is 0.689. The summed E-state index contributed by atoms with van der Waals surface area (Å²) >= 11 is 0. The van der Waals surface area contributed by atoms with Crippen LogP contribution in [0, 0.1) is 0 Å². The van der Waals surface area contributed by atoms with E-state index < -0.39 is 0 Å². The molecule has 0 spiro atoms. The highest BCUT2D eigenvalue weighted by atomic mass is 16.5. The van der Waals surface area contributed by atoms with Gasteiger partial charge in [0, 0.05) is 24.7 Å². The Kier molecular flexibility index (Phi) is 6.96. The molecule has 3 amide bonds. The predicted molar refractivity (Wildman–Crippen MR) is 105 cm³/mol. The van der Waals surface area contributed by atoms with Gasteiger partial charge in [-0.2, -0.15) is 0 Å². The number of benzene rings is 1. The van der Waals surface area contributed by atoms with Crippen molar-refractivity contribution in [1.29, 1.82) is 0 Å². The van der Waals surface area contributed by atoms with Crippen molar-refractivity contribution in [3.63, 3.8) is 0 Å². The number of hydrogen-bond donors (Lipinski definition) is 3. The van der Waals surface area contributed by atoms with Crippen LogP contribution in [0.5, 0.6) is 5.75 Å². The van der Waals surface area contributed by atoms with Crippen molar-refractivity contribution in [3.05, 3.63) is 29.8 Å². The highest BCUT2D eigenvalue weighted by molar-refractivity contribution is 5.94. The molecule has 0 aromatic heterocycles. The summed E-state index contributed by atoms with van der Waals surface area (Å²) in [5.41, 5.74) is 0.627. The van der Waals surface area contributed by atoms with E-state index in [1.165, 1.54) is 19.3 Å². The van der Waals surface area contributed by atoms with E-state index in [4.69, 9.17) is 4.74 Å². The Labute approximate surface area is 161 Å². The van der Waals surface area contributed by atoms with E-state index in [1.54, 1.807) is 19.2 Å². The smallest absolute Gasteiger partial charge is 0.315 e. The number of carbonyl (C=O) groups is 2. The molecule has 0 aliphatic heterocycles. The first-order chi connectivity index (χ1) is 13.1. The van der Waals surface area contributed by atoms with Crippen LogP contribution in [0.15, 0.2) is 24.3 Å². The van der Waals surface area contributed by atoms with Gasteiger partial charge < -0.3 is 20.7 Å². The Morgan fingerprint density at radius 3 is 2.04 bits per heavy atom. The van der Waals surface area contributed by atoms with E-state index in [-0.39, 0.29) is 24.1 Å². The van der Waals surface area contributed by atoms with Gasteiger partial charge in [-0.05, 0) is 62.8 Å². The zero-order valence-electron chi connectivity index (χ0n) is 16.1. The summed E-state index contributed by atoms with van der Waals surface area (Å²) in [6, 6.07) is 7.78. The van der Waals surface area contributed by atoms with Crippen LogP contribution in [0.1, 0.15) is 68.1 Å². The Morgan fingerprint density at radius 2 is 1.44 bits per heavy atom. The molecule has 3 rings (SSSR count). The van der Waals surface area contributed by atoms with Crippen molar-refractivity contribution >= 4 is 11.9 Å². The van der Waals surface area contributed by atoms with Crippen LogP contribution in [-0.2, 0) is 0 Å². The number of hydrogen-bond acceptors (Lipinski definition) is 3. The molecule has 0 atom stereocenters. The van der Waals surface area contributed by atoms with Crippen LogP contribution in [0.25, 0.3) is 0 Å². The predicted octanol–water partition coefficient (Wildman–Crippen LogP) is 3.37. The third-order valence-electron chi connectivity index (χ3n) is 5.60. The Hall–Kier alpha value is -2.24. The second-order valence-electron chi connectivity index (χ2n) is 7.65. The van der Waals surface area contributed by atoms with E-state index in [2.05, 4.69) is 16.0 Å². The minimum Gasteiger partial charge on any atom is -0.490 e. The first-order valence-corrected chi connectivity index (χ1v) is 10.2. The van der Waals surface area contributed by atoms with Gasteiger partial charge in [0.2, 0.25) is 0 Å². The van der Waals surface area contributed by atoms with Crippen molar-refractivity contribution in [1.82, 2.24) is 16.0 Å². The molecule has 0 heterocycles. The van der Waals surface area contributed by atoms with E-state index in [9.17, 15) is 9.59 Å². The van der Waals surface area contributed by atoms with E-state index in [1.807, 2.05) is 12.1 Å². The van der Waals surface area contributed by atoms with Gasteiger partial charge in [0.1, 0.15) is 5.75 Å². The van der Waals surface area contributed by atoms with Crippen LogP contribution < -0.4 is 20.7 Å². The molecule has 27 heavy (non-hydrogen) atoms. The van der Waals surface area contributed by atoms with Crippen LogP contribution in [0.3, 0.4) is 0 Å². The van der Waals surface area contributed by atoms with Crippen LogP contribution in [0.2, 0.25) is 0 Å². The number of amides is 3. The van der Waals surface area contributed by atoms with E-state index >= 15 is 0 Å². The van der Waals surface area contributed by atoms with Crippen LogP contribution in [-0.4, -0.2) is 37.2 Å². The van der Waals surface area contributed by atoms with Crippen molar-refractivity contribution in [2.75, 3.05) is 7.05 Å². The molecule has 2 aliphatic rings. The Bertz CT molecular complexity index is 618. The molecule has 0 unspecified atom stereocenters. The molecule has 0 radical (unpaired) electrons. The largest absolute Gasteiger partial charge is 0.490 e. The van der Waals surface area contributed by atoms with Crippen LogP contribution in [0.4, 0.5) is 4.79 Å². The van der Waals surface area contributed by atoms with Crippen molar-refractivity contribution in [2.24, 2.45) is 0 Å². The Morgan fingerprint density at radius 1 is 0.852 bits per heavy atom. The van der Waals surface area contributed by atoms with Gasteiger partial charge >= 0.3 is 6.03 Å². The average molecular weight is 373 g/mol. The normalized spacial score (nSPS) is 23.3. The number of urea groups is 1. The lowest BCUT2D eigenvalue weighted by molar-refractivity contribution is 0.0963. The Balaban J connectivity index is 1.38. The molecule has 0 saturated heterocycles. The van der Waals surface area contributed by atoms with Gasteiger partial charge in [0.25, 0.3) is 5.91 Å². The van der Waals surface area contributed by atoms with Gasteiger partial charge in [-0.15, -0.1) is 0 Å². The molecule has 2 aliphatic carbocycles. The summed E-state index contributed by atoms with van der Waals surface area (Å²) in [6.07, 6.45) is 9.80. The summed E-state index contributed by atoms with van der Waals surface area (Å²) in [5, 5.41) is 8.86. The highest BCUT2D eigenvalue weighted by Gasteiger charge is 2.24. The summed E-state index contributed by atoms with van der Waals surface area (Å²) < 4.78 is 6.04. The molecule has 1 aromatic rings. The number of rotatable bonds is 5. The molecule has 6 nitrogen and oxygen atoms in total. The molecular weight excluding hydrogens is 342 g/mol. The maximum Gasteiger partial charge on any atom is 0.315 e. The van der Waals surface area contributed by atoms with Crippen molar-refractivity contribution in [2.45, 2.75) is 76.0 Å². The molecule has 148 valence electrons. The second-order valence-corrected chi connectivity index (χ2v) is 7.65. The molecule has 6 heteroatoms. The fraction of sp³-hybridized carbons (Fsp3) is 0.619. The fourth-order valence-corrected chi connectivity index (χ4v) is 4.01. The topological polar surface area (TPSA) is 79.5 Å². The van der Waals surface area contributed by atoms with Gasteiger partial charge in [-0.3, -0.25) is 4.79 Å². The lowest BCUT2D eigenvalue weighted by Gasteiger charge is -2.30. The number of ether oxygens (including phenoxy) is 1. The van der Waals surface area contributed by atoms with Gasteiger partial charge in [-0.25, -0.2) is 4.79 Å². The maximum atomic E-state index is 12.2. The molecule has 1 aromatic carbocycles. The number of nitrogens with one attached hydrogen (secondary N) is 3. The van der Waals surface area contributed by atoms with Gasteiger partial charge in [0.05, 0.1) is 6.10 Å². The molecule has 2 saturated carbocycles. The minimum atomic E-state index is -0.0976. The highest BCUT2D eigenvalue weighted by Crippen LogP contribution is 2.24. The van der Waals surface area contributed by atoms with Gasteiger partial charge in [-0.1, -0.05) is 19.3 Å². The minimum absolute atomic E-state index is 0.0175. The lowest BCUT2D eigenvalue weighted by Crippen LogP contribution is -2.48. The SMILES string of the molecule is CNC(=O)c1ccc(O[C@H]2CC[C@H](NC(=O)NC3CCCCC3)CC2)cc1. The van der Waals surface area contributed by atoms with E-state index in [0.29, 0.717) is 11.6 Å². The van der Waals surface area contributed by atoms with E-state index in [0.717, 1.165) is 44.3 Å². The lowest BCUT2D eigenvalue weighted by atomic mass is 9.93. The van der Waals surface area contributed by atoms with Crippen molar-refractivity contribution < 1.29 is 14.3 Å². The average Bonchev–Trinajstić information content (AvgIpc) is 2.70. The second kappa shape index (κ2) is 9.62. The zero-order valence-corrected chi connectivity index (χ0v) is 16.1. The molecule has 0 bridgehead atoms. The summed E-state index contributed by atoms with van der Waals surface area (Å²) in [4.78, 5) is 23.8. The molecule has 3 N–H and O–H groups in total. The zero-order chi connectivity index (χ0) is 19.1. The summed E-state index contributed by atoms with van der Waals surface area (Å²) in [6.45, 7) is 0. The van der Waals surface area contributed by atoms with Crippen molar-refractivity contribution in [3.8, 4) is 5.75 Å². The molecular formula is C21H31N3O3. The monoisotopic (exact) mass is 373 g/mol. The molecule has 2 fully saturated rings. The van der Waals surface area contributed by atoms with Crippen LogP contribution >= 0.6 is 0 Å². The number of carbonyl (C=O) groups excluding carboxylic acids is 2. The first kappa shape index (κ1) is 19.5. The first-order valence-electron chi connectivity index (χ1n) is 10.2. The van der Waals surface area contributed by atoms with Gasteiger partial charge in [0.15, 0.2) is 0 Å². The summed E-state index contributed by atoms with van der Waals surface area (Å²) in [7, 11) is 1.62. The fourth-order valence-electron chi connectivity index (χ4n) is 4.01. The third-order valence-corrected chi connectivity index (χ3v) is 5.60. The maximum absolute atomic E-state index is 12.2. The standard InChI is InChI=1S/C21H31N3O3/c1-22-20(25)15-7-11-18(12-8-15)27-19-13-9-17(10-14-19)24-21(26)23-16-5-3-2-4-6-16/h7-8,11-12,16-17,19H,2-6,9-10,13-14H2,1H3,(H,22,25)(H2,23,24,26)/t17-,19-. The third kappa shape index (κ3) is 5.88. The quantitative estimate of drug-likeness (QED) is 0.740.